The minimum Gasteiger partial charge on any atom is -0.501 e. The number of rotatable bonds is 4. The van der Waals surface area contributed by atoms with Crippen LogP contribution in [0, 0.1) is 0 Å². The zero-order valence-corrected chi connectivity index (χ0v) is 10.9. The van der Waals surface area contributed by atoms with E-state index in [1.54, 1.807) is 13.2 Å². The molecule has 0 radical (unpaired) electrons. The fraction of sp³-hybridized carbons (Fsp3) is 0.167. The van der Waals surface area contributed by atoms with Crippen LogP contribution >= 0.6 is 23.0 Å². The van der Waals surface area contributed by atoms with Crippen molar-refractivity contribution in [2.75, 3.05) is 7.11 Å². The molecule has 0 aromatic heterocycles. The molecule has 0 unspecified atom stereocenters. The molecule has 0 bridgehead atoms. The average molecular weight is 316 g/mol. The van der Waals surface area contributed by atoms with Crippen molar-refractivity contribution < 1.29 is 7.80 Å². The second kappa shape index (κ2) is 5.80. The highest BCUT2D eigenvalue weighted by Crippen LogP contribution is 2.23. The average Bonchev–Trinajstić information content (AvgIpc) is 2.30. The monoisotopic (exact) mass is 316 g/mol. The SMILES string of the molecule is C=C/C(=C(\C)OC)c1ccc(OI)cc1. The number of hydrogen-bond acceptors (Lipinski definition) is 2. The van der Waals surface area contributed by atoms with Gasteiger partial charge in [0.05, 0.1) is 7.11 Å². The van der Waals surface area contributed by atoms with Crippen LogP contribution < -0.4 is 3.07 Å². The Morgan fingerprint density at radius 3 is 2.33 bits per heavy atom. The van der Waals surface area contributed by atoms with Crippen LogP contribution in [-0.4, -0.2) is 7.11 Å². The molecule has 2 nitrogen and oxygen atoms in total. The molecule has 0 atom stereocenters. The van der Waals surface area contributed by atoms with Gasteiger partial charge in [-0.25, -0.2) is 0 Å². The van der Waals surface area contributed by atoms with Crippen molar-refractivity contribution in [3.05, 3.63) is 48.2 Å². The minimum absolute atomic E-state index is 0.831. The summed E-state index contributed by atoms with van der Waals surface area (Å²) in [4.78, 5) is 0. The van der Waals surface area contributed by atoms with E-state index in [-0.39, 0.29) is 0 Å². The molecular formula is C12H13IO2. The number of halogens is 1. The summed E-state index contributed by atoms with van der Waals surface area (Å²) in [6.45, 7) is 5.69. The van der Waals surface area contributed by atoms with Gasteiger partial charge in [-0.2, -0.15) is 0 Å². The molecule has 0 saturated heterocycles. The van der Waals surface area contributed by atoms with Crippen molar-refractivity contribution in [3.63, 3.8) is 0 Å². The van der Waals surface area contributed by atoms with E-state index in [4.69, 9.17) is 7.80 Å². The summed E-state index contributed by atoms with van der Waals surface area (Å²) in [5.41, 5.74) is 2.07. The molecule has 0 fully saturated rings. The molecule has 1 rings (SSSR count). The van der Waals surface area contributed by atoms with Gasteiger partial charge < -0.3 is 7.80 Å². The van der Waals surface area contributed by atoms with Crippen LogP contribution in [0.2, 0.25) is 0 Å². The number of hydrogen-bond donors (Lipinski definition) is 0. The predicted octanol–water partition coefficient (Wildman–Crippen LogP) is 3.98. The fourth-order valence-corrected chi connectivity index (χ4v) is 1.55. The van der Waals surface area contributed by atoms with E-state index in [2.05, 4.69) is 6.58 Å². The van der Waals surface area contributed by atoms with Gasteiger partial charge in [0, 0.05) is 5.57 Å². The van der Waals surface area contributed by atoms with Gasteiger partial charge in [-0.3, -0.25) is 0 Å². The van der Waals surface area contributed by atoms with Crippen molar-refractivity contribution in [2.24, 2.45) is 0 Å². The Kier molecular flexibility index (Phi) is 4.68. The van der Waals surface area contributed by atoms with Crippen LogP contribution in [0.5, 0.6) is 5.75 Å². The first-order valence-corrected chi connectivity index (χ1v) is 5.37. The van der Waals surface area contributed by atoms with Gasteiger partial charge in [-0.1, -0.05) is 24.8 Å². The first-order valence-electron chi connectivity index (χ1n) is 4.49. The lowest BCUT2D eigenvalue weighted by Crippen LogP contribution is -1.88. The normalized spacial score (nSPS) is 11.7. The summed E-state index contributed by atoms with van der Waals surface area (Å²) in [7, 11) is 1.65. The highest BCUT2D eigenvalue weighted by Gasteiger charge is 2.02. The standard InChI is InChI=1S/C12H13IO2/c1-4-12(9(2)14-3)10-5-7-11(15-13)8-6-10/h4-8H,1H2,2-3H3/b12-9-. The number of methoxy groups -OCH3 is 1. The molecule has 0 aliphatic heterocycles. The van der Waals surface area contributed by atoms with Gasteiger partial charge in [-0.05, 0) is 24.6 Å². The Morgan fingerprint density at radius 1 is 1.33 bits per heavy atom. The van der Waals surface area contributed by atoms with E-state index in [0.29, 0.717) is 0 Å². The second-order valence-electron chi connectivity index (χ2n) is 2.98. The van der Waals surface area contributed by atoms with Gasteiger partial charge in [0.2, 0.25) is 0 Å². The lowest BCUT2D eigenvalue weighted by Gasteiger charge is -2.07. The molecule has 0 saturated carbocycles. The van der Waals surface area contributed by atoms with E-state index in [1.165, 1.54) is 0 Å². The molecule has 3 heteroatoms. The van der Waals surface area contributed by atoms with Gasteiger partial charge >= 0.3 is 0 Å². The molecule has 0 spiro atoms. The minimum atomic E-state index is 0.831. The third-order valence-electron chi connectivity index (χ3n) is 2.14. The maximum absolute atomic E-state index is 5.19. The summed E-state index contributed by atoms with van der Waals surface area (Å²) in [6.07, 6.45) is 1.79. The lowest BCUT2D eigenvalue weighted by molar-refractivity contribution is 0.296. The smallest absolute Gasteiger partial charge is 0.192 e. The fourth-order valence-electron chi connectivity index (χ4n) is 1.26. The third kappa shape index (κ3) is 2.99. The highest BCUT2D eigenvalue weighted by molar-refractivity contribution is 14.1. The van der Waals surface area contributed by atoms with Crippen LogP contribution in [-0.2, 0) is 4.74 Å². The Morgan fingerprint density at radius 2 is 1.93 bits per heavy atom. The van der Waals surface area contributed by atoms with Crippen LogP contribution in [0.3, 0.4) is 0 Å². The van der Waals surface area contributed by atoms with E-state index in [9.17, 15) is 0 Å². The van der Waals surface area contributed by atoms with Crippen molar-refractivity contribution in [3.8, 4) is 5.75 Å². The third-order valence-corrected chi connectivity index (χ3v) is 2.65. The zero-order valence-electron chi connectivity index (χ0n) is 8.79. The number of allylic oxidation sites excluding steroid dienone is 3. The molecule has 15 heavy (non-hydrogen) atoms. The van der Waals surface area contributed by atoms with Crippen molar-refractivity contribution in [1.82, 2.24) is 0 Å². The molecule has 0 aliphatic carbocycles. The maximum Gasteiger partial charge on any atom is 0.192 e. The van der Waals surface area contributed by atoms with Crippen LogP contribution in [0.1, 0.15) is 12.5 Å². The molecule has 80 valence electrons. The maximum atomic E-state index is 5.19. The van der Waals surface area contributed by atoms with Gasteiger partial charge in [0.25, 0.3) is 0 Å². The van der Waals surface area contributed by atoms with Crippen molar-refractivity contribution >= 4 is 28.6 Å². The van der Waals surface area contributed by atoms with E-state index in [0.717, 1.165) is 22.6 Å². The van der Waals surface area contributed by atoms with Crippen LogP contribution in [0.15, 0.2) is 42.7 Å². The summed E-state index contributed by atoms with van der Waals surface area (Å²) in [5, 5.41) is 0. The summed E-state index contributed by atoms with van der Waals surface area (Å²) in [6, 6.07) is 7.78. The van der Waals surface area contributed by atoms with E-state index in [1.807, 2.05) is 54.2 Å². The lowest BCUT2D eigenvalue weighted by atomic mass is 10.1. The molecule has 0 amide bonds. The van der Waals surface area contributed by atoms with Crippen LogP contribution in [0.25, 0.3) is 5.57 Å². The molecule has 0 heterocycles. The van der Waals surface area contributed by atoms with Crippen molar-refractivity contribution in [1.29, 1.82) is 0 Å². The second-order valence-corrected chi connectivity index (χ2v) is 3.42. The Labute approximate surface area is 104 Å². The zero-order chi connectivity index (χ0) is 11.3. The quantitative estimate of drug-likeness (QED) is 0.475. The number of benzene rings is 1. The predicted molar refractivity (Wildman–Crippen MR) is 70.9 cm³/mol. The topological polar surface area (TPSA) is 18.5 Å². The van der Waals surface area contributed by atoms with Gasteiger partial charge in [0.1, 0.15) is 11.5 Å². The number of ether oxygens (including phenoxy) is 1. The highest BCUT2D eigenvalue weighted by atomic mass is 127. The van der Waals surface area contributed by atoms with Crippen molar-refractivity contribution in [2.45, 2.75) is 6.92 Å². The molecule has 0 aliphatic rings. The Bertz CT molecular complexity index is 366. The largest absolute Gasteiger partial charge is 0.501 e. The first-order chi connectivity index (χ1) is 7.22. The van der Waals surface area contributed by atoms with E-state index >= 15 is 0 Å². The van der Waals surface area contributed by atoms with Gasteiger partial charge in [-0.15, -0.1) is 0 Å². The molecule has 0 N–H and O–H groups in total. The van der Waals surface area contributed by atoms with Gasteiger partial charge in [0.15, 0.2) is 23.0 Å². The van der Waals surface area contributed by atoms with E-state index < -0.39 is 0 Å². The Hall–Kier alpha value is -0.970. The molecule has 1 aromatic carbocycles. The molecule has 1 aromatic rings. The molecular weight excluding hydrogens is 303 g/mol. The summed E-state index contributed by atoms with van der Waals surface area (Å²) >= 11 is 1.86. The van der Waals surface area contributed by atoms with Crippen LogP contribution in [0.4, 0.5) is 0 Å². The Balaban J connectivity index is 3.09. The summed E-state index contributed by atoms with van der Waals surface area (Å²) in [5.74, 6) is 1.69. The first kappa shape index (κ1) is 12.1. The summed E-state index contributed by atoms with van der Waals surface area (Å²) < 4.78 is 10.3.